The zero-order chi connectivity index (χ0) is 24.4. The topological polar surface area (TPSA) is 105 Å². The van der Waals surface area contributed by atoms with E-state index < -0.39 is 17.8 Å². The summed E-state index contributed by atoms with van der Waals surface area (Å²) in [4.78, 5) is 31.3. The molecule has 1 aromatic heterocycles. The van der Waals surface area contributed by atoms with Gasteiger partial charge in [-0.25, -0.2) is 4.39 Å². The highest BCUT2D eigenvalue weighted by atomic mass is 32.2. The fraction of sp³-hybridized carbons (Fsp3) is 0.348. The molecule has 1 fully saturated rings. The first kappa shape index (κ1) is 23.2. The van der Waals surface area contributed by atoms with Crippen LogP contribution in [0.25, 0.3) is 0 Å². The van der Waals surface area contributed by atoms with E-state index in [1.54, 1.807) is 13.1 Å². The van der Waals surface area contributed by atoms with Gasteiger partial charge in [0.15, 0.2) is 0 Å². The van der Waals surface area contributed by atoms with Crippen LogP contribution in [0.3, 0.4) is 0 Å². The van der Waals surface area contributed by atoms with E-state index >= 15 is 0 Å². The molecule has 3 heterocycles. The van der Waals surface area contributed by atoms with Gasteiger partial charge in [0.1, 0.15) is 11.9 Å². The van der Waals surface area contributed by atoms with Crippen molar-refractivity contribution in [3.05, 3.63) is 59.7 Å². The van der Waals surface area contributed by atoms with E-state index in [1.165, 1.54) is 27.5 Å². The Morgan fingerprint density at radius 2 is 1.97 bits per heavy atom. The lowest BCUT2D eigenvalue weighted by molar-refractivity contribution is -0.119. The molecular formula is C23H24FN7O3S. The number of rotatable bonds is 5. The molecule has 0 radical (unpaired) electrons. The van der Waals surface area contributed by atoms with Gasteiger partial charge >= 0.3 is 0 Å². The average molecular weight is 498 g/mol. The van der Waals surface area contributed by atoms with E-state index in [1.807, 2.05) is 35.2 Å². The molecule has 0 saturated carbocycles. The molecule has 12 heteroatoms. The van der Waals surface area contributed by atoms with E-state index in [9.17, 15) is 14.0 Å². The monoisotopic (exact) mass is 497 g/mol. The lowest BCUT2D eigenvalue weighted by Gasteiger charge is -2.30. The van der Waals surface area contributed by atoms with Crippen LogP contribution >= 0.6 is 11.8 Å². The van der Waals surface area contributed by atoms with Gasteiger partial charge in [-0.2, -0.15) is 4.80 Å². The average Bonchev–Trinajstić information content (AvgIpc) is 3.31. The van der Waals surface area contributed by atoms with E-state index in [0.29, 0.717) is 44.2 Å². The van der Waals surface area contributed by atoms with Gasteiger partial charge in [-0.05, 0) is 16.8 Å². The van der Waals surface area contributed by atoms with Crippen molar-refractivity contribution in [1.29, 1.82) is 0 Å². The molecule has 1 atom stereocenters. The quantitative estimate of drug-likeness (QED) is 0.566. The Balaban J connectivity index is 1.29. The van der Waals surface area contributed by atoms with Gasteiger partial charge in [-0.3, -0.25) is 9.59 Å². The summed E-state index contributed by atoms with van der Waals surface area (Å²) in [6.45, 7) is 2.66. The molecule has 1 N–H and O–H groups in total. The molecule has 2 aliphatic rings. The molecule has 0 unspecified atom stereocenters. The molecule has 3 aromatic rings. The normalized spacial score (nSPS) is 18.2. The first-order valence-electron chi connectivity index (χ1n) is 11.2. The Hall–Kier alpha value is -3.51. The Morgan fingerprint density at radius 3 is 2.74 bits per heavy atom. The van der Waals surface area contributed by atoms with Crippen LogP contribution < -0.4 is 15.1 Å². The number of aromatic nitrogens is 4. The Kier molecular flexibility index (Phi) is 6.64. The summed E-state index contributed by atoms with van der Waals surface area (Å²) >= 11 is 1.39. The summed E-state index contributed by atoms with van der Waals surface area (Å²) < 4.78 is 20.3. The number of carbonyl (C=O) groups is 2. The van der Waals surface area contributed by atoms with Crippen molar-refractivity contribution in [3.63, 3.8) is 0 Å². The molecule has 5 rings (SSSR count). The number of nitrogens with one attached hydrogen (secondary N) is 1. The number of nitrogens with zero attached hydrogens (tertiary/aromatic N) is 6. The fourth-order valence-corrected chi connectivity index (χ4v) is 5.14. The summed E-state index contributed by atoms with van der Waals surface area (Å²) in [5, 5.41) is 14.6. The van der Waals surface area contributed by atoms with Gasteiger partial charge in [0.25, 0.3) is 11.7 Å². The highest BCUT2D eigenvalue weighted by molar-refractivity contribution is 7.99. The number of amides is 2. The highest BCUT2D eigenvalue weighted by Gasteiger charge is 2.32. The SMILES string of the molecule is CN1C(=O)[C@@H](NC(=O)c2nnn(Cc3ccccc3)n2)CSc2cc(N3CCOCC3)c(F)cc21. The van der Waals surface area contributed by atoms with E-state index in [4.69, 9.17) is 4.74 Å². The zero-order valence-corrected chi connectivity index (χ0v) is 19.9. The highest BCUT2D eigenvalue weighted by Crippen LogP contribution is 2.38. The largest absolute Gasteiger partial charge is 0.378 e. The molecule has 0 bridgehead atoms. The van der Waals surface area contributed by atoms with Crippen LogP contribution in [-0.4, -0.2) is 77.2 Å². The van der Waals surface area contributed by atoms with Crippen molar-refractivity contribution in [1.82, 2.24) is 25.5 Å². The lowest BCUT2D eigenvalue weighted by atomic mass is 10.2. The number of ether oxygens (including phenoxy) is 1. The number of anilines is 2. The van der Waals surface area contributed by atoms with Crippen LogP contribution in [0.15, 0.2) is 47.4 Å². The smallest absolute Gasteiger partial charge is 0.293 e. The molecule has 2 aliphatic heterocycles. The van der Waals surface area contributed by atoms with Crippen molar-refractivity contribution in [2.24, 2.45) is 0 Å². The molecule has 182 valence electrons. The number of hydrogen-bond donors (Lipinski definition) is 1. The van der Waals surface area contributed by atoms with Crippen molar-refractivity contribution in [2.45, 2.75) is 17.5 Å². The maximum Gasteiger partial charge on any atom is 0.293 e. The number of likely N-dealkylation sites (N-methyl/N-ethyl adjacent to an activating group) is 1. The fourth-order valence-electron chi connectivity index (χ4n) is 4.03. The van der Waals surface area contributed by atoms with Gasteiger partial charge in [-0.15, -0.1) is 22.0 Å². The molecular weight excluding hydrogens is 473 g/mol. The molecule has 2 amide bonds. The third-order valence-electron chi connectivity index (χ3n) is 5.90. The summed E-state index contributed by atoms with van der Waals surface area (Å²) in [5.41, 5.74) is 1.93. The number of morpholine rings is 1. The second-order valence-corrected chi connectivity index (χ2v) is 9.30. The van der Waals surface area contributed by atoms with Crippen LogP contribution in [-0.2, 0) is 16.1 Å². The summed E-state index contributed by atoms with van der Waals surface area (Å²) in [6, 6.07) is 11.9. The van der Waals surface area contributed by atoms with Crippen molar-refractivity contribution in [3.8, 4) is 0 Å². The number of halogens is 1. The lowest BCUT2D eigenvalue weighted by Crippen LogP contribution is -2.48. The van der Waals surface area contributed by atoms with Crippen LogP contribution in [0, 0.1) is 5.82 Å². The van der Waals surface area contributed by atoms with Crippen molar-refractivity contribution >= 4 is 35.0 Å². The summed E-state index contributed by atoms with van der Waals surface area (Å²) in [7, 11) is 1.58. The van der Waals surface area contributed by atoms with Gasteiger partial charge in [0.2, 0.25) is 5.91 Å². The first-order chi connectivity index (χ1) is 17.0. The molecule has 0 spiro atoms. The molecule has 0 aliphatic carbocycles. The van der Waals surface area contributed by atoms with E-state index in [2.05, 4.69) is 20.7 Å². The minimum Gasteiger partial charge on any atom is -0.378 e. The summed E-state index contributed by atoms with van der Waals surface area (Å²) in [5.74, 6) is -1.17. The maximum atomic E-state index is 15.0. The van der Waals surface area contributed by atoms with Crippen LogP contribution in [0.4, 0.5) is 15.8 Å². The molecule has 35 heavy (non-hydrogen) atoms. The van der Waals surface area contributed by atoms with Crippen LogP contribution in [0.1, 0.15) is 16.2 Å². The maximum absolute atomic E-state index is 15.0. The zero-order valence-electron chi connectivity index (χ0n) is 19.1. The van der Waals surface area contributed by atoms with Crippen molar-refractivity contribution < 1.29 is 18.7 Å². The third-order valence-corrected chi connectivity index (χ3v) is 7.04. The minimum atomic E-state index is -0.833. The predicted molar refractivity (Wildman–Crippen MR) is 128 cm³/mol. The number of carbonyl (C=O) groups excluding carboxylic acids is 2. The van der Waals surface area contributed by atoms with Crippen molar-refractivity contribution in [2.75, 3.05) is 48.9 Å². The second kappa shape index (κ2) is 10.0. The van der Waals surface area contributed by atoms with Gasteiger partial charge in [0.05, 0.1) is 31.1 Å². The number of benzene rings is 2. The third kappa shape index (κ3) is 4.98. The standard InChI is InChI=1S/C23H24FN7O3S/c1-29-19-11-16(24)18(30-7-9-34-10-8-30)12-20(19)35-14-17(23(29)33)25-22(32)21-26-28-31(27-21)13-15-5-3-2-4-6-15/h2-6,11-12,17H,7-10,13-14H2,1H3,(H,25,32)/t17-/m0/s1. The Morgan fingerprint density at radius 1 is 1.20 bits per heavy atom. The van der Waals surface area contributed by atoms with E-state index in [0.717, 1.165) is 10.5 Å². The Labute approximate surface area is 205 Å². The Bertz CT molecular complexity index is 1230. The number of hydrogen-bond acceptors (Lipinski definition) is 8. The second-order valence-electron chi connectivity index (χ2n) is 8.23. The number of fused-ring (bicyclic) bond motifs is 1. The predicted octanol–water partition coefficient (Wildman–Crippen LogP) is 1.56. The first-order valence-corrected chi connectivity index (χ1v) is 12.2. The van der Waals surface area contributed by atoms with Gasteiger partial charge < -0.3 is 19.9 Å². The van der Waals surface area contributed by atoms with E-state index in [-0.39, 0.29) is 17.5 Å². The summed E-state index contributed by atoms with van der Waals surface area (Å²) in [6.07, 6.45) is 0. The van der Waals surface area contributed by atoms with Crippen LogP contribution in [0.2, 0.25) is 0 Å². The number of tetrazole rings is 1. The minimum absolute atomic E-state index is 0.121. The molecule has 2 aromatic carbocycles. The number of thioether (sulfide) groups is 1. The van der Waals surface area contributed by atoms with Gasteiger partial charge in [0, 0.05) is 36.9 Å². The van der Waals surface area contributed by atoms with Gasteiger partial charge in [-0.1, -0.05) is 30.3 Å². The molecule has 10 nitrogen and oxygen atoms in total. The molecule has 1 saturated heterocycles. The van der Waals surface area contributed by atoms with Crippen LogP contribution in [0.5, 0.6) is 0 Å².